The molecule has 4 rings (SSSR count). The van der Waals surface area contributed by atoms with E-state index in [1.54, 1.807) is 43.8 Å². The van der Waals surface area contributed by atoms with Crippen molar-refractivity contribution in [3.63, 3.8) is 0 Å². The summed E-state index contributed by atoms with van der Waals surface area (Å²) in [5, 5.41) is 13.1. The number of nitrogens with zero attached hydrogens (tertiary/aromatic N) is 4. The fourth-order valence-electron chi connectivity index (χ4n) is 3.69. The molecule has 2 aromatic rings. The number of carbonyl (C=O) groups excluding carboxylic acids is 4. The van der Waals surface area contributed by atoms with Crippen molar-refractivity contribution in [3.05, 3.63) is 41.2 Å². The van der Waals surface area contributed by atoms with Crippen molar-refractivity contribution in [2.24, 2.45) is 0 Å². The average molecular weight is 440 g/mol. The van der Waals surface area contributed by atoms with Crippen LogP contribution >= 0.6 is 0 Å². The highest BCUT2D eigenvalue weighted by Gasteiger charge is 2.39. The van der Waals surface area contributed by atoms with E-state index >= 15 is 0 Å². The SMILES string of the molecule is CC(C)(C)OC(=O)NCc1cn(-c2ccc3c(c2)CN(C2CCC(=O)NC2=O)C3=O)nn1. The van der Waals surface area contributed by atoms with Crippen molar-refractivity contribution in [2.45, 2.75) is 58.3 Å². The molecule has 1 atom stereocenters. The molecule has 0 bridgehead atoms. The Morgan fingerprint density at radius 3 is 2.78 bits per heavy atom. The molecular formula is C21H24N6O5. The Balaban J connectivity index is 1.44. The monoisotopic (exact) mass is 440 g/mol. The Bertz CT molecular complexity index is 1100. The van der Waals surface area contributed by atoms with Crippen molar-refractivity contribution < 1.29 is 23.9 Å². The summed E-state index contributed by atoms with van der Waals surface area (Å²) in [7, 11) is 0. The highest BCUT2D eigenvalue weighted by Crippen LogP contribution is 2.29. The number of imide groups is 1. The van der Waals surface area contributed by atoms with Crippen molar-refractivity contribution in [1.82, 2.24) is 30.5 Å². The second-order valence-electron chi connectivity index (χ2n) is 8.75. The van der Waals surface area contributed by atoms with Gasteiger partial charge in [0, 0.05) is 18.5 Å². The number of nitrogens with one attached hydrogen (secondary N) is 2. The summed E-state index contributed by atoms with van der Waals surface area (Å²) in [6.45, 7) is 5.77. The lowest BCUT2D eigenvalue weighted by atomic mass is 10.0. The van der Waals surface area contributed by atoms with Crippen LogP contribution in [0.3, 0.4) is 0 Å². The lowest BCUT2D eigenvalue weighted by Crippen LogP contribution is -2.52. The number of aromatic nitrogens is 3. The van der Waals surface area contributed by atoms with E-state index in [1.807, 2.05) is 6.07 Å². The fourth-order valence-corrected chi connectivity index (χ4v) is 3.69. The number of hydrogen-bond acceptors (Lipinski definition) is 7. The molecule has 0 saturated carbocycles. The van der Waals surface area contributed by atoms with Crippen LogP contribution in [-0.2, 0) is 27.4 Å². The van der Waals surface area contributed by atoms with Gasteiger partial charge in [-0.15, -0.1) is 5.10 Å². The van der Waals surface area contributed by atoms with Crippen molar-refractivity contribution in [2.75, 3.05) is 0 Å². The van der Waals surface area contributed by atoms with Gasteiger partial charge in [0.1, 0.15) is 17.3 Å². The Hall–Kier alpha value is -3.76. The number of hydrogen-bond donors (Lipinski definition) is 2. The Kier molecular flexibility index (Phi) is 5.41. The van der Waals surface area contributed by atoms with Crippen molar-refractivity contribution >= 4 is 23.8 Å². The molecule has 1 aromatic carbocycles. The van der Waals surface area contributed by atoms with E-state index in [1.165, 1.54) is 4.90 Å². The van der Waals surface area contributed by atoms with Gasteiger partial charge in [0.2, 0.25) is 11.8 Å². The van der Waals surface area contributed by atoms with Crippen molar-refractivity contribution in [1.29, 1.82) is 0 Å². The van der Waals surface area contributed by atoms with Gasteiger partial charge in [-0.25, -0.2) is 9.48 Å². The second kappa shape index (κ2) is 8.06. The second-order valence-corrected chi connectivity index (χ2v) is 8.75. The summed E-state index contributed by atoms with van der Waals surface area (Å²) >= 11 is 0. The molecule has 0 radical (unpaired) electrons. The van der Waals surface area contributed by atoms with E-state index in [2.05, 4.69) is 20.9 Å². The summed E-state index contributed by atoms with van der Waals surface area (Å²) in [6, 6.07) is 4.59. The molecule has 2 aliphatic heterocycles. The van der Waals surface area contributed by atoms with Crippen LogP contribution in [0, 0.1) is 0 Å². The molecule has 1 saturated heterocycles. The van der Waals surface area contributed by atoms with Crippen molar-refractivity contribution in [3.8, 4) is 5.69 Å². The van der Waals surface area contributed by atoms with Gasteiger partial charge in [-0.05, 0) is 51.0 Å². The molecule has 2 aliphatic rings. The third-order valence-corrected chi connectivity index (χ3v) is 5.13. The lowest BCUT2D eigenvalue weighted by molar-refractivity contribution is -0.136. The zero-order valence-electron chi connectivity index (χ0n) is 18.0. The number of ether oxygens (including phenoxy) is 1. The van der Waals surface area contributed by atoms with Crippen LogP contribution in [0.25, 0.3) is 5.69 Å². The lowest BCUT2D eigenvalue weighted by Gasteiger charge is -2.29. The predicted molar refractivity (Wildman–Crippen MR) is 110 cm³/mol. The maximum atomic E-state index is 12.8. The predicted octanol–water partition coefficient (Wildman–Crippen LogP) is 1.05. The highest BCUT2D eigenvalue weighted by atomic mass is 16.6. The topological polar surface area (TPSA) is 136 Å². The van der Waals surface area contributed by atoms with Gasteiger partial charge in [-0.3, -0.25) is 19.7 Å². The molecule has 1 fully saturated rings. The van der Waals surface area contributed by atoms with Crippen LogP contribution in [0.1, 0.15) is 55.2 Å². The summed E-state index contributed by atoms with van der Waals surface area (Å²) in [6.07, 6.45) is 1.65. The molecular weight excluding hydrogens is 416 g/mol. The summed E-state index contributed by atoms with van der Waals surface area (Å²) < 4.78 is 6.74. The Morgan fingerprint density at radius 2 is 2.06 bits per heavy atom. The number of benzene rings is 1. The quantitative estimate of drug-likeness (QED) is 0.679. The molecule has 168 valence electrons. The number of rotatable bonds is 4. The van der Waals surface area contributed by atoms with E-state index in [0.717, 1.165) is 5.56 Å². The maximum absolute atomic E-state index is 12.8. The number of fused-ring (bicyclic) bond motifs is 1. The molecule has 3 heterocycles. The minimum Gasteiger partial charge on any atom is -0.444 e. The standard InChI is InChI=1S/C21H24N6O5/c1-21(2,3)32-20(31)22-9-13-11-27(25-24-13)14-4-5-15-12(8-14)10-26(19(15)30)16-6-7-17(28)23-18(16)29/h4-5,8,11,16H,6-7,9-10H2,1-3H3,(H,22,31)(H,23,28,29). The van der Waals surface area contributed by atoms with Gasteiger partial charge in [0.25, 0.3) is 5.91 Å². The van der Waals surface area contributed by atoms with Crippen LogP contribution in [0.2, 0.25) is 0 Å². The van der Waals surface area contributed by atoms with Crippen LogP contribution in [0.15, 0.2) is 24.4 Å². The van der Waals surface area contributed by atoms with E-state index in [0.29, 0.717) is 23.4 Å². The molecule has 2 N–H and O–H groups in total. The van der Waals surface area contributed by atoms with E-state index in [9.17, 15) is 19.2 Å². The van der Waals surface area contributed by atoms with Crippen LogP contribution in [0.5, 0.6) is 0 Å². The largest absolute Gasteiger partial charge is 0.444 e. The molecule has 11 nitrogen and oxygen atoms in total. The zero-order valence-corrected chi connectivity index (χ0v) is 18.0. The van der Waals surface area contributed by atoms with E-state index in [4.69, 9.17) is 4.74 Å². The smallest absolute Gasteiger partial charge is 0.407 e. The van der Waals surface area contributed by atoms with Gasteiger partial charge in [0.15, 0.2) is 0 Å². The minimum atomic E-state index is -0.659. The highest BCUT2D eigenvalue weighted by molar-refractivity contribution is 6.05. The summed E-state index contributed by atoms with van der Waals surface area (Å²) in [5.74, 6) is -0.997. The Morgan fingerprint density at radius 1 is 1.28 bits per heavy atom. The number of carbonyl (C=O) groups is 4. The van der Waals surface area contributed by atoms with Gasteiger partial charge < -0.3 is 15.0 Å². The first-order valence-electron chi connectivity index (χ1n) is 10.3. The first kappa shape index (κ1) is 21.5. The summed E-state index contributed by atoms with van der Waals surface area (Å²) in [4.78, 5) is 49.7. The van der Waals surface area contributed by atoms with Gasteiger partial charge in [-0.2, -0.15) is 0 Å². The zero-order chi connectivity index (χ0) is 23.0. The molecule has 11 heteroatoms. The minimum absolute atomic E-state index is 0.154. The maximum Gasteiger partial charge on any atom is 0.407 e. The van der Waals surface area contributed by atoms with E-state index in [-0.39, 0.29) is 31.3 Å². The van der Waals surface area contributed by atoms with Crippen LogP contribution in [-0.4, -0.2) is 55.4 Å². The van der Waals surface area contributed by atoms with Crippen LogP contribution < -0.4 is 10.6 Å². The molecule has 0 aliphatic carbocycles. The first-order chi connectivity index (χ1) is 15.1. The number of amides is 4. The third-order valence-electron chi connectivity index (χ3n) is 5.13. The molecule has 4 amide bonds. The number of piperidine rings is 1. The van der Waals surface area contributed by atoms with Gasteiger partial charge in [-0.1, -0.05) is 5.21 Å². The van der Waals surface area contributed by atoms with Gasteiger partial charge >= 0.3 is 6.09 Å². The summed E-state index contributed by atoms with van der Waals surface area (Å²) in [5.41, 5.74) is 1.92. The fraction of sp³-hybridized carbons (Fsp3) is 0.429. The Labute approximate surface area is 184 Å². The molecule has 1 unspecified atom stereocenters. The molecule has 0 spiro atoms. The van der Waals surface area contributed by atoms with E-state index < -0.39 is 23.6 Å². The average Bonchev–Trinajstić information content (AvgIpc) is 3.30. The van der Waals surface area contributed by atoms with Crippen LogP contribution in [0.4, 0.5) is 4.79 Å². The molecule has 32 heavy (non-hydrogen) atoms. The normalized spacial score (nSPS) is 18.4. The van der Waals surface area contributed by atoms with Gasteiger partial charge in [0.05, 0.1) is 18.4 Å². The first-order valence-corrected chi connectivity index (χ1v) is 10.3. The number of alkyl carbamates (subject to hydrolysis) is 1. The third kappa shape index (κ3) is 4.46. The molecule has 1 aromatic heterocycles.